The number of amides is 2. The van der Waals surface area contributed by atoms with Crippen LogP contribution in [-0.2, 0) is 9.59 Å². The molecule has 1 aromatic carbocycles. The number of nitrogens with zero attached hydrogens (tertiary/aromatic N) is 1. The summed E-state index contributed by atoms with van der Waals surface area (Å²) in [6, 6.07) is 4.75. The topological polar surface area (TPSA) is 63.4 Å². The lowest BCUT2D eigenvalue weighted by Gasteiger charge is -2.37. The minimum absolute atomic E-state index is 0.248. The summed E-state index contributed by atoms with van der Waals surface area (Å²) in [7, 11) is 0. The predicted molar refractivity (Wildman–Crippen MR) is 81.9 cm³/mol. The summed E-state index contributed by atoms with van der Waals surface area (Å²) in [5.41, 5.74) is 3.75. The van der Waals surface area contributed by atoms with Gasteiger partial charge in [-0.25, -0.2) is 8.78 Å². The molecule has 0 radical (unpaired) electrons. The third-order valence-corrected chi connectivity index (χ3v) is 5.23. The van der Waals surface area contributed by atoms with Gasteiger partial charge in [-0.15, -0.1) is 0 Å². The summed E-state index contributed by atoms with van der Waals surface area (Å²) >= 11 is 0. The Balaban J connectivity index is 1.96. The van der Waals surface area contributed by atoms with E-state index in [4.69, 9.17) is 5.73 Å². The van der Waals surface area contributed by atoms with Gasteiger partial charge in [0.05, 0.1) is 5.41 Å². The van der Waals surface area contributed by atoms with Crippen LogP contribution in [0.3, 0.4) is 0 Å². The molecule has 1 heterocycles. The van der Waals surface area contributed by atoms with Crippen molar-refractivity contribution in [3.05, 3.63) is 30.1 Å². The number of benzene rings is 1. The largest absolute Gasteiger partial charge is 0.368 e. The maximum Gasteiger partial charge on any atom is 0.240 e. The lowest BCUT2D eigenvalue weighted by Crippen LogP contribution is -2.44. The SMILES string of the molecule is CC1(F)CCC2(CC1)CC(C(N)=O)N(c1cccc(F)c1)C2=O. The monoisotopic (exact) mass is 322 g/mol. The summed E-state index contributed by atoms with van der Waals surface area (Å²) in [5, 5.41) is 0. The van der Waals surface area contributed by atoms with E-state index in [-0.39, 0.29) is 25.2 Å². The van der Waals surface area contributed by atoms with E-state index < -0.39 is 28.8 Å². The lowest BCUT2D eigenvalue weighted by molar-refractivity contribution is -0.128. The molecule has 2 amide bonds. The summed E-state index contributed by atoms with van der Waals surface area (Å²) < 4.78 is 27.6. The normalized spacial score (nSPS) is 34.1. The average Bonchev–Trinajstić information content (AvgIpc) is 2.76. The standard InChI is InChI=1S/C17H20F2N2O2/c1-16(19)5-7-17(8-6-16)10-13(14(20)22)21(15(17)23)12-4-2-3-11(18)9-12/h2-4,9,13H,5-8,10H2,1H3,(H2,20,22). The summed E-state index contributed by atoms with van der Waals surface area (Å²) in [4.78, 5) is 26.1. The van der Waals surface area contributed by atoms with Crippen LogP contribution in [0.25, 0.3) is 0 Å². The quantitative estimate of drug-likeness (QED) is 0.910. The fourth-order valence-electron chi connectivity index (χ4n) is 3.76. The lowest BCUT2D eigenvalue weighted by atomic mass is 9.68. The number of nitrogens with two attached hydrogens (primary N) is 1. The van der Waals surface area contributed by atoms with E-state index in [1.165, 1.54) is 30.0 Å². The van der Waals surface area contributed by atoms with Crippen LogP contribution >= 0.6 is 0 Å². The Kier molecular flexibility index (Phi) is 3.65. The number of hydrogen-bond acceptors (Lipinski definition) is 2. The molecule has 1 saturated carbocycles. The van der Waals surface area contributed by atoms with Crippen molar-refractivity contribution in [1.82, 2.24) is 0 Å². The molecule has 4 nitrogen and oxygen atoms in total. The maximum absolute atomic E-state index is 14.1. The second kappa shape index (κ2) is 5.28. The van der Waals surface area contributed by atoms with Crippen LogP contribution in [0, 0.1) is 11.2 Å². The molecule has 1 aliphatic heterocycles. The van der Waals surface area contributed by atoms with Gasteiger partial charge < -0.3 is 5.73 Å². The molecule has 3 rings (SSSR count). The highest BCUT2D eigenvalue weighted by Crippen LogP contribution is 2.51. The molecule has 1 atom stereocenters. The Morgan fingerprint density at radius 1 is 1.30 bits per heavy atom. The van der Waals surface area contributed by atoms with Crippen molar-refractivity contribution in [3.63, 3.8) is 0 Å². The molecule has 23 heavy (non-hydrogen) atoms. The second-order valence-corrected chi connectivity index (χ2v) is 6.97. The van der Waals surface area contributed by atoms with E-state index in [9.17, 15) is 18.4 Å². The van der Waals surface area contributed by atoms with Crippen molar-refractivity contribution in [1.29, 1.82) is 0 Å². The van der Waals surface area contributed by atoms with Crippen LogP contribution in [0.15, 0.2) is 24.3 Å². The van der Waals surface area contributed by atoms with Gasteiger partial charge >= 0.3 is 0 Å². The maximum atomic E-state index is 14.1. The van der Waals surface area contributed by atoms with Gasteiger partial charge in [-0.2, -0.15) is 0 Å². The number of alkyl halides is 1. The fourth-order valence-corrected chi connectivity index (χ4v) is 3.76. The molecular weight excluding hydrogens is 302 g/mol. The van der Waals surface area contributed by atoms with Gasteiger partial charge in [-0.1, -0.05) is 6.07 Å². The first kappa shape index (κ1) is 15.9. The predicted octanol–water partition coefficient (Wildman–Crippen LogP) is 2.70. The Labute approximate surface area is 133 Å². The van der Waals surface area contributed by atoms with Gasteiger partial charge in [0.2, 0.25) is 11.8 Å². The summed E-state index contributed by atoms with van der Waals surface area (Å²) in [6.07, 6.45) is 1.60. The Morgan fingerprint density at radius 2 is 1.96 bits per heavy atom. The number of halogens is 2. The van der Waals surface area contributed by atoms with Crippen molar-refractivity contribution >= 4 is 17.5 Å². The van der Waals surface area contributed by atoms with Crippen LogP contribution in [0.4, 0.5) is 14.5 Å². The smallest absolute Gasteiger partial charge is 0.240 e. The molecule has 1 aromatic rings. The first-order chi connectivity index (χ1) is 10.7. The Bertz CT molecular complexity index is 650. The zero-order valence-electron chi connectivity index (χ0n) is 13.0. The van der Waals surface area contributed by atoms with Gasteiger partial charge in [0, 0.05) is 5.69 Å². The third-order valence-electron chi connectivity index (χ3n) is 5.23. The van der Waals surface area contributed by atoms with Crippen LogP contribution in [-0.4, -0.2) is 23.5 Å². The van der Waals surface area contributed by atoms with Crippen molar-refractivity contribution in [3.8, 4) is 0 Å². The minimum atomic E-state index is -1.28. The van der Waals surface area contributed by atoms with Crippen LogP contribution in [0.2, 0.25) is 0 Å². The molecular formula is C17H20F2N2O2. The number of hydrogen-bond donors (Lipinski definition) is 1. The zero-order chi connectivity index (χ0) is 16.8. The van der Waals surface area contributed by atoms with E-state index in [1.54, 1.807) is 6.07 Å². The van der Waals surface area contributed by atoms with Gasteiger partial charge in [0.1, 0.15) is 17.5 Å². The first-order valence-corrected chi connectivity index (χ1v) is 7.82. The van der Waals surface area contributed by atoms with Gasteiger partial charge in [0.15, 0.2) is 0 Å². The molecule has 1 spiro atoms. The fraction of sp³-hybridized carbons (Fsp3) is 0.529. The second-order valence-electron chi connectivity index (χ2n) is 6.97. The van der Waals surface area contributed by atoms with Crippen LogP contribution < -0.4 is 10.6 Å². The number of primary amides is 1. The van der Waals surface area contributed by atoms with Crippen molar-refractivity contribution in [2.24, 2.45) is 11.1 Å². The summed E-state index contributed by atoms with van der Waals surface area (Å²) in [5.74, 6) is -1.35. The molecule has 1 unspecified atom stereocenters. The Morgan fingerprint density at radius 3 is 2.52 bits per heavy atom. The average molecular weight is 322 g/mol. The van der Waals surface area contributed by atoms with E-state index >= 15 is 0 Å². The molecule has 124 valence electrons. The highest BCUT2D eigenvalue weighted by atomic mass is 19.1. The van der Waals surface area contributed by atoms with Crippen LogP contribution in [0.5, 0.6) is 0 Å². The van der Waals surface area contributed by atoms with E-state index in [2.05, 4.69) is 0 Å². The molecule has 1 aliphatic carbocycles. The van der Waals surface area contributed by atoms with Gasteiger partial charge in [0.25, 0.3) is 0 Å². The molecule has 2 aliphatic rings. The number of carbonyl (C=O) groups is 2. The van der Waals surface area contributed by atoms with Crippen molar-refractivity contribution < 1.29 is 18.4 Å². The van der Waals surface area contributed by atoms with E-state index in [1.807, 2.05) is 0 Å². The number of anilines is 1. The number of rotatable bonds is 2. The summed E-state index contributed by atoms with van der Waals surface area (Å²) in [6.45, 7) is 1.54. The molecule has 2 fully saturated rings. The van der Waals surface area contributed by atoms with Gasteiger partial charge in [-0.3, -0.25) is 14.5 Å². The zero-order valence-corrected chi connectivity index (χ0v) is 13.0. The van der Waals surface area contributed by atoms with Crippen molar-refractivity contribution in [2.45, 2.75) is 50.7 Å². The van der Waals surface area contributed by atoms with Crippen LogP contribution in [0.1, 0.15) is 39.0 Å². The number of carbonyl (C=O) groups excluding carboxylic acids is 2. The molecule has 1 saturated heterocycles. The van der Waals surface area contributed by atoms with E-state index in [0.29, 0.717) is 18.5 Å². The minimum Gasteiger partial charge on any atom is -0.368 e. The van der Waals surface area contributed by atoms with Gasteiger partial charge in [-0.05, 0) is 57.2 Å². The Hall–Kier alpha value is -1.98. The third kappa shape index (κ3) is 2.71. The highest BCUT2D eigenvalue weighted by Gasteiger charge is 2.56. The first-order valence-electron chi connectivity index (χ1n) is 7.82. The van der Waals surface area contributed by atoms with Crippen molar-refractivity contribution in [2.75, 3.05) is 4.90 Å². The highest BCUT2D eigenvalue weighted by molar-refractivity contribution is 6.06. The molecule has 6 heteroatoms. The molecule has 2 N–H and O–H groups in total. The molecule has 0 aromatic heterocycles. The molecule has 0 bridgehead atoms. The van der Waals surface area contributed by atoms with E-state index in [0.717, 1.165) is 0 Å².